The van der Waals surface area contributed by atoms with Gasteiger partial charge in [0.05, 0.1) is 11.0 Å². The zero-order valence-electron chi connectivity index (χ0n) is 14.5. The van der Waals surface area contributed by atoms with Crippen molar-refractivity contribution in [1.82, 2.24) is 0 Å². The van der Waals surface area contributed by atoms with E-state index in [1.165, 1.54) is 0 Å². The molecule has 0 aromatic heterocycles. The quantitative estimate of drug-likeness (QED) is 0.714. The third kappa shape index (κ3) is 1.78. The third-order valence-corrected chi connectivity index (χ3v) is 8.73. The van der Waals surface area contributed by atoms with Gasteiger partial charge >= 0.3 is 5.97 Å². The average molecular weight is 318 g/mol. The summed E-state index contributed by atoms with van der Waals surface area (Å²) in [6, 6.07) is 0. The molecular weight excluding hydrogens is 288 g/mol. The van der Waals surface area contributed by atoms with Gasteiger partial charge in [-0.1, -0.05) is 19.9 Å². The van der Waals surface area contributed by atoms with Crippen molar-refractivity contribution < 1.29 is 15.0 Å². The summed E-state index contributed by atoms with van der Waals surface area (Å²) >= 11 is 0. The molecule has 0 heterocycles. The van der Waals surface area contributed by atoms with Crippen molar-refractivity contribution in [2.75, 3.05) is 0 Å². The maximum atomic E-state index is 12.0. The molecule has 2 bridgehead atoms. The molecule has 23 heavy (non-hydrogen) atoms. The molecule has 6 atom stereocenters. The van der Waals surface area contributed by atoms with Crippen LogP contribution >= 0.6 is 0 Å². The molecule has 1 spiro atoms. The molecule has 5 fully saturated rings. The smallest absolute Gasteiger partial charge is 0.309 e. The molecule has 0 amide bonds. The van der Waals surface area contributed by atoms with Gasteiger partial charge in [-0.3, -0.25) is 4.79 Å². The van der Waals surface area contributed by atoms with Crippen molar-refractivity contribution in [3.8, 4) is 0 Å². The summed E-state index contributed by atoms with van der Waals surface area (Å²) in [6.45, 7) is 8.51. The van der Waals surface area contributed by atoms with Crippen molar-refractivity contribution in [3.63, 3.8) is 0 Å². The molecule has 3 nitrogen and oxygen atoms in total. The summed E-state index contributed by atoms with van der Waals surface area (Å²) in [6.07, 6.45) is 8.81. The van der Waals surface area contributed by atoms with Gasteiger partial charge in [-0.25, -0.2) is 0 Å². The topological polar surface area (TPSA) is 57.5 Å². The van der Waals surface area contributed by atoms with E-state index in [1.54, 1.807) is 0 Å². The van der Waals surface area contributed by atoms with Gasteiger partial charge in [0.15, 0.2) is 0 Å². The minimum atomic E-state index is -0.686. The molecular formula is C20H30O3. The number of rotatable bonds is 1. The molecule has 0 aromatic carbocycles. The summed E-state index contributed by atoms with van der Waals surface area (Å²) < 4.78 is 0. The molecule has 128 valence electrons. The molecule has 0 aromatic rings. The highest BCUT2D eigenvalue weighted by atomic mass is 16.4. The second-order valence-electron chi connectivity index (χ2n) is 9.60. The van der Waals surface area contributed by atoms with Crippen molar-refractivity contribution in [3.05, 3.63) is 12.2 Å². The second-order valence-corrected chi connectivity index (χ2v) is 9.60. The SMILES string of the molecule is C=C1CC23CCC4C(C)(C(=O)O)CCCC4(C)C2CC1(O)CC3. The molecule has 0 aliphatic heterocycles. The molecule has 2 N–H and O–H groups in total. The predicted molar refractivity (Wildman–Crippen MR) is 88.9 cm³/mol. The molecule has 0 saturated heterocycles. The predicted octanol–water partition coefficient (Wildman–Crippen LogP) is 4.16. The Morgan fingerprint density at radius 3 is 2.52 bits per heavy atom. The first-order valence-corrected chi connectivity index (χ1v) is 9.30. The maximum Gasteiger partial charge on any atom is 0.309 e. The molecule has 5 aliphatic rings. The Bertz CT molecular complexity index is 583. The molecule has 3 heteroatoms. The minimum Gasteiger partial charge on any atom is -0.481 e. The van der Waals surface area contributed by atoms with Gasteiger partial charge in [-0.05, 0) is 86.5 Å². The Labute approximate surface area is 139 Å². The van der Waals surface area contributed by atoms with Crippen molar-refractivity contribution in [2.45, 2.75) is 77.2 Å². The summed E-state index contributed by atoms with van der Waals surface area (Å²) in [5.74, 6) is 0.0820. The highest BCUT2D eigenvalue weighted by molar-refractivity contribution is 5.75. The molecule has 5 aliphatic carbocycles. The number of aliphatic carboxylic acids is 1. The van der Waals surface area contributed by atoms with E-state index < -0.39 is 17.0 Å². The van der Waals surface area contributed by atoms with Crippen LogP contribution in [-0.2, 0) is 4.79 Å². The number of aliphatic hydroxyl groups is 1. The Morgan fingerprint density at radius 2 is 1.87 bits per heavy atom. The van der Waals surface area contributed by atoms with Crippen LogP contribution in [0.4, 0.5) is 0 Å². The number of carboxylic acids is 1. The summed E-state index contributed by atoms with van der Waals surface area (Å²) in [4.78, 5) is 12.0. The number of hydrogen-bond acceptors (Lipinski definition) is 2. The fourth-order valence-electron chi connectivity index (χ4n) is 7.39. The lowest BCUT2D eigenvalue weighted by molar-refractivity contribution is -0.209. The third-order valence-electron chi connectivity index (χ3n) is 8.73. The summed E-state index contributed by atoms with van der Waals surface area (Å²) in [5.41, 5.74) is 0.0978. The van der Waals surface area contributed by atoms with E-state index in [0.717, 1.165) is 63.4 Å². The lowest BCUT2D eigenvalue weighted by Crippen LogP contribution is -2.64. The van der Waals surface area contributed by atoms with Crippen molar-refractivity contribution >= 4 is 5.97 Å². The molecule has 5 rings (SSSR count). The van der Waals surface area contributed by atoms with Gasteiger partial charge in [0.2, 0.25) is 0 Å². The zero-order valence-corrected chi connectivity index (χ0v) is 14.5. The van der Waals surface area contributed by atoms with Gasteiger partial charge in [0.1, 0.15) is 0 Å². The van der Waals surface area contributed by atoms with E-state index in [-0.39, 0.29) is 16.7 Å². The van der Waals surface area contributed by atoms with Crippen molar-refractivity contribution in [1.29, 1.82) is 0 Å². The van der Waals surface area contributed by atoms with Gasteiger partial charge in [-0.2, -0.15) is 0 Å². The van der Waals surface area contributed by atoms with Crippen LogP contribution in [0.25, 0.3) is 0 Å². The van der Waals surface area contributed by atoms with Crippen LogP contribution in [-0.4, -0.2) is 21.8 Å². The lowest BCUT2D eigenvalue weighted by Gasteiger charge is -2.69. The van der Waals surface area contributed by atoms with E-state index in [4.69, 9.17) is 0 Å². The Morgan fingerprint density at radius 1 is 1.13 bits per heavy atom. The Hall–Kier alpha value is -0.830. The largest absolute Gasteiger partial charge is 0.481 e. The number of carboxylic acid groups (broad SMARTS) is 1. The second kappa shape index (κ2) is 4.41. The van der Waals surface area contributed by atoms with Crippen molar-refractivity contribution in [2.24, 2.45) is 28.1 Å². The first kappa shape index (κ1) is 15.7. The first-order valence-electron chi connectivity index (χ1n) is 9.30. The fourth-order valence-corrected chi connectivity index (χ4v) is 7.39. The van der Waals surface area contributed by atoms with Crippen LogP contribution in [0.5, 0.6) is 0 Å². The van der Waals surface area contributed by atoms with E-state index >= 15 is 0 Å². The van der Waals surface area contributed by atoms with Gasteiger partial charge in [0, 0.05) is 0 Å². The number of carbonyl (C=O) groups is 1. The standard InChI is InChI=1S/C20H30O3/c1-13-11-19-8-5-14-17(2,6-4-7-18(14,3)16(21)22)15(19)12-20(13,23)10-9-19/h14-15,23H,1,4-12H2,2-3H3,(H,21,22). The van der Waals surface area contributed by atoms with Gasteiger partial charge < -0.3 is 10.2 Å². The number of fused-ring (bicyclic) bond motifs is 3. The number of hydrogen-bond donors (Lipinski definition) is 2. The molecule has 5 saturated carbocycles. The Kier molecular flexibility index (Phi) is 3.01. The minimum absolute atomic E-state index is 0.0543. The highest BCUT2D eigenvalue weighted by Crippen LogP contribution is 2.72. The summed E-state index contributed by atoms with van der Waals surface area (Å²) in [5, 5.41) is 21.0. The highest BCUT2D eigenvalue weighted by Gasteiger charge is 2.67. The zero-order chi connectivity index (χ0) is 16.7. The van der Waals surface area contributed by atoms with Crippen LogP contribution in [0.15, 0.2) is 12.2 Å². The normalized spacial score (nSPS) is 55.2. The monoisotopic (exact) mass is 318 g/mol. The van der Waals surface area contributed by atoms with E-state index in [1.807, 2.05) is 6.92 Å². The summed E-state index contributed by atoms with van der Waals surface area (Å²) in [7, 11) is 0. The van der Waals surface area contributed by atoms with E-state index in [0.29, 0.717) is 5.92 Å². The molecule has 6 unspecified atom stereocenters. The van der Waals surface area contributed by atoms with Crippen LogP contribution in [0, 0.1) is 28.1 Å². The van der Waals surface area contributed by atoms with Gasteiger partial charge in [-0.15, -0.1) is 0 Å². The fraction of sp³-hybridized carbons (Fsp3) is 0.850. The Balaban J connectivity index is 1.77. The lowest BCUT2D eigenvalue weighted by atomic mass is 9.36. The van der Waals surface area contributed by atoms with Crippen LogP contribution in [0.2, 0.25) is 0 Å². The van der Waals surface area contributed by atoms with E-state index in [9.17, 15) is 15.0 Å². The van der Waals surface area contributed by atoms with Crippen LogP contribution in [0.3, 0.4) is 0 Å². The maximum absolute atomic E-state index is 12.0. The van der Waals surface area contributed by atoms with Crippen LogP contribution < -0.4 is 0 Å². The molecule has 0 radical (unpaired) electrons. The average Bonchev–Trinajstić information content (AvgIpc) is 2.47. The first-order chi connectivity index (χ1) is 10.7. The van der Waals surface area contributed by atoms with Gasteiger partial charge in [0.25, 0.3) is 0 Å². The van der Waals surface area contributed by atoms with E-state index in [2.05, 4.69) is 13.5 Å². The van der Waals surface area contributed by atoms with Crippen LogP contribution in [0.1, 0.15) is 71.6 Å².